The van der Waals surface area contributed by atoms with Crippen LogP contribution in [0.5, 0.6) is 0 Å². The molecule has 2 aliphatic rings. The fourth-order valence-electron chi connectivity index (χ4n) is 4.54. The van der Waals surface area contributed by atoms with Gasteiger partial charge >= 0.3 is 5.97 Å². The summed E-state index contributed by atoms with van der Waals surface area (Å²) in [6.07, 6.45) is 3.93. The van der Waals surface area contributed by atoms with Crippen LogP contribution in [0.3, 0.4) is 0 Å². The number of ether oxygens (including phenoxy) is 1. The largest absolute Gasteiger partial charge is 0.468 e. The Morgan fingerprint density at radius 1 is 1.17 bits per heavy atom. The molecule has 3 nitrogen and oxygen atoms in total. The van der Waals surface area contributed by atoms with E-state index in [1.54, 1.807) is 0 Å². The van der Waals surface area contributed by atoms with Crippen LogP contribution in [-0.4, -0.2) is 18.9 Å². The van der Waals surface area contributed by atoms with Crippen molar-refractivity contribution in [1.82, 2.24) is 0 Å². The van der Waals surface area contributed by atoms with Gasteiger partial charge in [0.1, 0.15) is 11.7 Å². The number of fused-ring (bicyclic) bond motifs is 1. The van der Waals surface area contributed by atoms with Crippen molar-refractivity contribution in [2.45, 2.75) is 37.5 Å². The number of benzene rings is 2. The summed E-state index contributed by atoms with van der Waals surface area (Å²) in [5, 5.41) is 2.58. The van der Waals surface area contributed by atoms with E-state index in [1.807, 2.05) is 0 Å². The van der Waals surface area contributed by atoms with Crippen LogP contribution in [0.1, 0.15) is 36.8 Å². The van der Waals surface area contributed by atoms with Gasteiger partial charge in [-0.25, -0.2) is 0 Å². The minimum absolute atomic E-state index is 0.0412. The lowest BCUT2D eigenvalue weighted by Crippen LogP contribution is -2.42. The number of carbonyl (C=O) groups excluding carboxylic acids is 2. The first-order chi connectivity index (χ1) is 11.1. The van der Waals surface area contributed by atoms with Gasteiger partial charge in [0.25, 0.3) is 0 Å². The van der Waals surface area contributed by atoms with Crippen LogP contribution in [-0.2, 0) is 26.2 Å². The predicted molar refractivity (Wildman–Crippen MR) is 88.3 cm³/mol. The van der Waals surface area contributed by atoms with E-state index in [-0.39, 0.29) is 17.2 Å². The van der Waals surface area contributed by atoms with Gasteiger partial charge in [-0.05, 0) is 47.6 Å². The number of hydrogen-bond donors (Lipinski definition) is 0. The summed E-state index contributed by atoms with van der Waals surface area (Å²) in [5.74, 6) is -0.902. The monoisotopic (exact) mass is 308 g/mol. The fourth-order valence-corrected chi connectivity index (χ4v) is 4.54. The van der Waals surface area contributed by atoms with E-state index < -0.39 is 5.92 Å². The Hall–Kier alpha value is -2.16. The summed E-state index contributed by atoms with van der Waals surface area (Å²) in [5.41, 5.74) is 2.58. The molecule has 2 aromatic carbocycles. The minimum atomic E-state index is -0.568. The third kappa shape index (κ3) is 2.10. The van der Waals surface area contributed by atoms with Gasteiger partial charge in [-0.3, -0.25) is 9.59 Å². The summed E-state index contributed by atoms with van der Waals surface area (Å²) >= 11 is 0. The molecular weight excluding hydrogens is 288 g/mol. The van der Waals surface area contributed by atoms with Gasteiger partial charge in [0.15, 0.2) is 0 Å². The lowest BCUT2D eigenvalue weighted by molar-refractivity contribution is -0.151. The molecule has 0 aromatic heterocycles. The molecule has 118 valence electrons. The SMILES string of the molecule is COC(=O)C1CCC2(CCc3cccc4cccc2c34)CC1=O. The lowest BCUT2D eigenvalue weighted by Gasteiger charge is -2.42. The third-order valence-corrected chi connectivity index (χ3v) is 5.73. The maximum absolute atomic E-state index is 12.6. The molecule has 1 fully saturated rings. The Bertz CT molecular complexity index is 802. The third-order valence-electron chi connectivity index (χ3n) is 5.73. The molecule has 3 heteroatoms. The maximum atomic E-state index is 12.6. The zero-order chi connectivity index (χ0) is 16.0. The van der Waals surface area contributed by atoms with Crippen molar-refractivity contribution in [3.05, 3.63) is 47.5 Å². The summed E-state index contributed by atoms with van der Waals surface area (Å²) in [6, 6.07) is 12.9. The van der Waals surface area contributed by atoms with Crippen LogP contribution in [0.25, 0.3) is 10.8 Å². The molecule has 0 heterocycles. The molecular formula is C20H20O3. The van der Waals surface area contributed by atoms with Crippen molar-refractivity contribution >= 4 is 22.5 Å². The van der Waals surface area contributed by atoms with Gasteiger partial charge in [0, 0.05) is 11.8 Å². The van der Waals surface area contributed by atoms with E-state index in [0.29, 0.717) is 12.8 Å². The number of Topliss-reactive ketones (excluding diaryl/α,β-unsaturated/α-hetero) is 1. The Kier molecular flexibility index (Phi) is 3.26. The van der Waals surface area contributed by atoms with Crippen molar-refractivity contribution in [2.24, 2.45) is 5.92 Å². The average Bonchev–Trinajstić information content (AvgIpc) is 2.58. The van der Waals surface area contributed by atoms with Crippen LogP contribution in [0.2, 0.25) is 0 Å². The second kappa shape index (κ2) is 5.19. The Morgan fingerprint density at radius 3 is 2.70 bits per heavy atom. The topological polar surface area (TPSA) is 43.4 Å². The van der Waals surface area contributed by atoms with E-state index in [0.717, 1.165) is 19.3 Å². The second-order valence-electron chi connectivity index (χ2n) is 6.86. The highest BCUT2D eigenvalue weighted by Crippen LogP contribution is 2.49. The average molecular weight is 308 g/mol. The Balaban J connectivity index is 1.79. The van der Waals surface area contributed by atoms with E-state index in [1.165, 1.54) is 29.0 Å². The molecule has 0 saturated heterocycles. The molecule has 2 unspecified atom stereocenters. The van der Waals surface area contributed by atoms with Crippen molar-refractivity contribution < 1.29 is 14.3 Å². The molecule has 0 amide bonds. The molecule has 0 radical (unpaired) electrons. The number of ketones is 1. The first kappa shape index (κ1) is 14.4. The fraction of sp³-hybridized carbons (Fsp3) is 0.400. The molecule has 23 heavy (non-hydrogen) atoms. The number of aryl methyl sites for hydroxylation is 1. The number of carbonyl (C=O) groups is 2. The minimum Gasteiger partial charge on any atom is -0.468 e. The summed E-state index contributed by atoms with van der Waals surface area (Å²) < 4.78 is 4.79. The van der Waals surface area contributed by atoms with Crippen LogP contribution in [0, 0.1) is 5.92 Å². The highest BCUT2D eigenvalue weighted by molar-refractivity contribution is 6.01. The zero-order valence-electron chi connectivity index (χ0n) is 13.3. The molecule has 4 rings (SSSR count). The molecule has 2 atom stereocenters. The lowest BCUT2D eigenvalue weighted by atomic mass is 9.60. The van der Waals surface area contributed by atoms with Gasteiger partial charge in [0.2, 0.25) is 0 Å². The van der Waals surface area contributed by atoms with Crippen LogP contribution in [0.15, 0.2) is 36.4 Å². The van der Waals surface area contributed by atoms with E-state index in [2.05, 4.69) is 36.4 Å². The highest BCUT2D eigenvalue weighted by atomic mass is 16.5. The zero-order valence-corrected chi connectivity index (χ0v) is 13.3. The standard InChI is InChI=1S/C20H20O3/c1-23-19(22)15-9-11-20(12-17(15)21)10-8-14-5-2-4-13-6-3-7-16(20)18(13)14/h2-7,15H,8-12H2,1H3. The van der Waals surface area contributed by atoms with Crippen molar-refractivity contribution in [1.29, 1.82) is 0 Å². The summed E-state index contributed by atoms with van der Waals surface area (Å²) in [6.45, 7) is 0. The molecule has 2 aliphatic carbocycles. The normalized spacial score (nSPS) is 26.5. The molecule has 1 spiro atoms. The quantitative estimate of drug-likeness (QED) is 0.597. The van der Waals surface area contributed by atoms with Crippen molar-refractivity contribution in [3.8, 4) is 0 Å². The first-order valence-electron chi connectivity index (χ1n) is 8.26. The summed E-state index contributed by atoms with van der Waals surface area (Å²) in [7, 11) is 1.36. The van der Waals surface area contributed by atoms with E-state index >= 15 is 0 Å². The number of hydrogen-bond acceptors (Lipinski definition) is 3. The number of esters is 1. The van der Waals surface area contributed by atoms with Gasteiger partial charge in [-0.15, -0.1) is 0 Å². The smallest absolute Gasteiger partial charge is 0.316 e. The van der Waals surface area contributed by atoms with Gasteiger partial charge < -0.3 is 4.74 Å². The van der Waals surface area contributed by atoms with Crippen LogP contribution >= 0.6 is 0 Å². The van der Waals surface area contributed by atoms with Crippen LogP contribution < -0.4 is 0 Å². The van der Waals surface area contributed by atoms with Gasteiger partial charge in [0.05, 0.1) is 7.11 Å². The van der Waals surface area contributed by atoms with Gasteiger partial charge in [-0.1, -0.05) is 36.4 Å². The predicted octanol–water partition coefficient (Wildman–Crippen LogP) is 3.57. The molecule has 1 saturated carbocycles. The molecule has 0 bridgehead atoms. The van der Waals surface area contributed by atoms with E-state index in [4.69, 9.17) is 4.74 Å². The molecule has 0 N–H and O–H groups in total. The highest BCUT2D eigenvalue weighted by Gasteiger charge is 2.45. The first-order valence-corrected chi connectivity index (χ1v) is 8.26. The number of methoxy groups -OCH3 is 1. The van der Waals surface area contributed by atoms with Crippen LogP contribution in [0.4, 0.5) is 0 Å². The molecule has 0 aliphatic heterocycles. The van der Waals surface area contributed by atoms with Gasteiger partial charge in [-0.2, -0.15) is 0 Å². The second-order valence-corrected chi connectivity index (χ2v) is 6.86. The summed E-state index contributed by atoms with van der Waals surface area (Å²) in [4.78, 5) is 24.4. The van der Waals surface area contributed by atoms with E-state index in [9.17, 15) is 9.59 Å². The van der Waals surface area contributed by atoms with Crippen molar-refractivity contribution in [3.63, 3.8) is 0 Å². The Morgan fingerprint density at radius 2 is 1.96 bits per heavy atom. The van der Waals surface area contributed by atoms with Crippen molar-refractivity contribution in [2.75, 3.05) is 7.11 Å². The maximum Gasteiger partial charge on any atom is 0.316 e. The Labute approximate surface area is 135 Å². The number of rotatable bonds is 1. The molecule has 2 aromatic rings.